The number of rotatable bonds is 7. The Morgan fingerprint density at radius 2 is 1.83 bits per heavy atom. The van der Waals surface area contributed by atoms with Crippen molar-refractivity contribution in [1.82, 2.24) is 9.78 Å². The highest BCUT2D eigenvalue weighted by Gasteiger charge is 2.19. The number of halogens is 2. The largest absolute Gasteiger partial charge is 0.451 e. The first-order valence-electron chi connectivity index (χ1n) is 9.32. The van der Waals surface area contributed by atoms with Gasteiger partial charge in [0.25, 0.3) is 11.5 Å². The monoisotopic (exact) mass is 415 g/mol. The number of esters is 1. The standard InChI is InChI=1S/C21H19F2N3O4/c1-2-3-10-26-20(28)15-7-5-4-6-14(15)19(25-26)21(29)30-12-18(27)24-13-8-9-16(22)17(23)11-13/h4-9,11H,2-3,10,12H2,1H3,(H,24,27). The van der Waals surface area contributed by atoms with E-state index in [0.29, 0.717) is 23.7 Å². The molecule has 0 spiro atoms. The number of carbonyl (C=O) groups excluding carboxylic acids is 2. The summed E-state index contributed by atoms with van der Waals surface area (Å²) in [6, 6.07) is 9.36. The molecule has 0 aliphatic rings. The third-order valence-corrected chi connectivity index (χ3v) is 4.32. The minimum absolute atomic E-state index is 0.0200. The highest BCUT2D eigenvalue weighted by molar-refractivity contribution is 6.03. The number of carbonyl (C=O) groups is 2. The summed E-state index contributed by atoms with van der Waals surface area (Å²) in [6.07, 6.45) is 1.54. The molecule has 156 valence electrons. The second-order valence-electron chi connectivity index (χ2n) is 6.53. The van der Waals surface area contributed by atoms with E-state index in [4.69, 9.17) is 4.74 Å². The number of anilines is 1. The molecule has 3 aromatic rings. The fraction of sp³-hybridized carbons (Fsp3) is 0.238. The second-order valence-corrected chi connectivity index (χ2v) is 6.53. The number of amides is 1. The highest BCUT2D eigenvalue weighted by Crippen LogP contribution is 2.15. The summed E-state index contributed by atoms with van der Waals surface area (Å²) in [6.45, 7) is 1.64. The smallest absolute Gasteiger partial charge is 0.359 e. The Bertz CT molecular complexity index is 1160. The highest BCUT2D eigenvalue weighted by atomic mass is 19.2. The molecule has 3 rings (SSSR count). The lowest BCUT2D eigenvalue weighted by molar-refractivity contribution is -0.119. The molecule has 1 aromatic heterocycles. The molecular formula is C21H19F2N3O4. The Labute approximate surface area is 170 Å². The van der Waals surface area contributed by atoms with Gasteiger partial charge in [-0.25, -0.2) is 18.3 Å². The number of nitrogens with zero attached hydrogens (tertiary/aromatic N) is 2. The average Bonchev–Trinajstić information content (AvgIpc) is 2.74. The predicted molar refractivity (Wildman–Crippen MR) is 106 cm³/mol. The topological polar surface area (TPSA) is 90.3 Å². The molecule has 1 N–H and O–H groups in total. The number of fused-ring (bicyclic) bond motifs is 1. The van der Waals surface area contributed by atoms with Crippen LogP contribution in [0.1, 0.15) is 30.3 Å². The van der Waals surface area contributed by atoms with Crippen LogP contribution in [0, 0.1) is 11.6 Å². The van der Waals surface area contributed by atoms with E-state index in [9.17, 15) is 23.2 Å². The quantitative estimate of drug-likeness (QED) is 0.598. The lowest BCUT2D eigenvalue weighted by Crippen LogP contribution is -2.27. The van der Waals surface area contributed by atoms with E-state index in [2.05, 4.69) is 10.4 Å². The Kier molecular flexibility index (Phi) is 6.51. The zero-order valence-corrected chi connectivity index (χ0v) is 16.2. The van der Waals surface area contributed by atoms with Crippen LogP contribution in [0.2, 0.25) is 0 Å². The van der Waals surface area contributed by atoms with Gasteiger partial charge in [0.15, 0.2) is 23.9 Å². The van der Waals surface area contributed by atoms with E-state index >= 15 is 0 Å². The summed E-state index contributed by atoms with van der Waals surface area (Å²) in [7, 11) is 0. The van der Waals surface area contributed by atoms with E-state index in [1.54, 1.807) is 24.3 Å². The van der Waals surface area contributed by atoms with Crippen LogP contribution in [-0.2, 0) is 16.1 Å². The van der Waals surface area contributed by atoms with Gasteiger partial charge in [-0.2, -0.15) is 5.10 Å². The summed E-state index contributed by atoms with van der Waals surface area (Å²) in [5, 5.41) is 7.07. The van der Waals surface area contributed by atoms with Crippen molar-refractivity contribution in [3.05, 3.63) is 70.1 Å². The van der Waals surface area contributed by atoms with Crippen LogP contribution in [0.3, 0.4) is 0 Å². The van der Waals surface area contributed by atoms with Crippen LogP contribution < -0.4 is 10.9 Å². The molecule has 1 heterocycles. The fourth-order valence-electron chi connectivity index (χ4n) is 2.82. The average molecular weight is 415 g/mol. The van der Waals surface area contributed by atoms with Crippen molar-refractivity contribution >= 4 is 28.3 Å². The van der Waals surface area contributed by atoms with Crippen molar-refractivity contribution in [2.75, 3.05) is 11.9 Å². The third kappa shape index (κ3) is 4.68. The molecule has 2 aromatic carbocycles. The zero-order chi connectivity index (χ0) is 21.7. The zero-order valence-electron chi connectivity index (χ0n) is 16.2. The van der Waals surface area contributed by atoms with Gasteiger partial charge in [0, 0.05) is 23.7 Å². The molecule has 0 unspecified atom stereocenters. The molecule has 0 aliphatic carbocycles. The van der Waals surface area contributed by atoms with Crippen LogP contribution in [0.25, 0.3) is 10.8 Å². The van der Waals surface area contributed by atoms with E-state index in [-0.39, 0.29) is 16.9 Å². The lowest BCUT2D eigenvalue weighted by Gasteiger charge is -2.11. The molecule has 0 saturated carbocycles. The van der Waals surface area contributed by atoms with Gasteiger partial charge in [0.1, 0.15) is 0 Å². The minimum Gasteiger partial charge on any atom is -0.451 e. The van der Waals surface area contributed by atoms with Gasteiger partial charge in [0.05, 0.1) is 5.39 Å². The van der Waals surface area contributed by atoms with E-state index in [1.165, 1.54) is 10.7 Å². The first-order valence-corrected chi connectivity index (χ1v) is 9.32. The normalized spacial score (nSPS) is 10.8. The predicted octanol–water partition coefficient (Wildman–Crippen LogP) is 3.27. The van der Waals surface area contributed by atoms with Crippen molar-refractivity contribution in [3.8, 4) is 0 Å². The summed E-state index contributed by atoms with van der Waals surface area (Å²) in [5.74, 6) is -3.78. The molecule has 0 bridgehead atoms. The van der Waals surface area contributed by atoms with Crippen LogP contribution in [0.5, 0.6) is 0 Å². The number of hydrogen-bond acceptors (Lipinski definition) is 5. The maximum absolute atomic E-state index is 13.2. The van der Waals surface area contributed by atoms with E-state index < -0.39 is 30.1 Å². The van der Waals surface area contributed by atoms with E-state index in [1.807, 2.05) is 6.92 Å². The first-order chi connectivity index (χ1) is 14.4. The molecule has 30 heavy (non-hydrogen) atoms. The summed E-state index contributed by atoms with van der Waals surface area (Å²) >= 11 is 0. The number of benzene rings is 2. The van der Waals surface area contributed by atoms with Crippen LogP contribution in [-0.4, -0.2) is 28.3 Å². The first kappa shape index (κ1) is 21.1. The van der Waals surface area contributed by atoms with Gasteiger partial charge < -0.3 is 10.1 Å². The lowest BCUT2D eigenvalue weighted by atomic mass is 10.1. The third-order valence-electron chi connectivity index (χ3n) is 4.32. The van der Waals surface area contributed by atoms with Crippen LogP contribution in [0.4, 0.5) is 14.5 Å². The SMILES string of the molecule is CCCCn1nc(C(=O)OCC(=O)Nc2ccc(F)c(F)c2)c2ccccc2c1=O. The molecule has 0 aliphatic heterocycles. The number of nitrogens with one attached hydrogen (secondary N) is 1. The number of unbranched alkanes of at least 4 members (excludes halogenated alkanes) is 1. The molecular weight excluding hydrogens is 396 g/mol. The van der Waals surface area contributed by atoms with Crippen LogP contribution in [0.15, 0.2) is 47.3 Å². The maximum atomic E-state index is 13.2. The Balaban J connectivity index is 1.77. The van der Waals surface area contributed by atoms with Gasteiger partial charge in [0.2, 0.25) is 0 Å². The number of ether oxygens (including phenoxy) is 1. The van der Waals surface area contributed by atoms with Gasteiger partial charge in [-0.3, -0.25) is 9.59 Å². The van der Waals surface area contributed by atoms with Crippen molar-refractivity contribution in [3.63, 3.8) is 0 Å². The molecule has 1 amide bonds. The molecule has 0 fully saturated rings. The summed E-state index contributed by atoms with van der Waals surface area (Å²) < 4.78 is 32.4. The molecule has 7 nitrogen and oxygen atoms in total. The van der Waals surface area contributed by atoms with E-state index in [0.717, 1.165) is 18.6 Å². The summed E-state index contributed by atoms with van der Waals surface area (Å²) in [4.78, 5) is 37.1. The van der Waals surface area contributed by atoms with Gasteiger partial charge in [-0.05, 0) is 24.6 Å². The summed E-state index contributed by atoms with van der Waals surface area (Å²) in [5.41, 5.74) is -0.375. The molecule has 9 heteroatoms. The number of aryl methyl sites for hydroxylation is 1. The van der Waals surface area contributed by atoms with Gasteiger partial charge in [-0.15, -0.1) is 0 Å². The Hall–Kier alpha value is -3.62. The van der Waals surface area contributed by atoms with Crippen molar-refractivity contribution < 1.29 is 23.1 Å². The van der Waals surface area contributed by atoms with Gasteiger partial charge in [-0.1, -0.05) is 31.5 Å². The maximum Gasteiger partial charge on any atom is 0.359 e. The number of hydrogen-bond donors (Lipinski definition) is 1. The molecule has 0 atom stereocenters. The Morgan fingerprint density at radius 3 is 2.53 bits per heavy atom. The molecule has 0 radical (unpaired) electrons. The number of aromatic nitrogens is 2. The van der Waals surface area contributed by atoms with Crippen molar-refractivity contribution in [2.45, 2.75) is 26.3 Å². The molecule has 0 saturated heterocycles. The van der Waals surface area contributed by atoms with Gasteiger partial charge >= 0.3 is 5.97 Å². The fourth-order valence-corrected chi connectivity index (χ4v) is 2.82. The van der Waals surface area contributed by atoms with Crippen LogP contribution >= 0.6 is 0 Å². The van der Waals surface area contributed by atoms with Crippen molar-refractivity contribution in [2.24, 2.45) is 0 Å². The second kappa shape index (κ2) is 9.25. The Morgan fingerprint density at radius 1 is 1.10 bits per heavy atom. The van der Waals surface area contributed by atoms with Crippen molar-refractivity contribution in [1.29, 1.82) is 0 Å². The minimum atomic E-state index is -1.12.